The van der Waals surface area contributed by atoms with Gasteiger partial charge in [-0.3, -0.25) is 4.79 Å². The van der Waals surface area contributed by atoms with Gasteiger partial charge in [0.15, 0.2) is 0 Å². The Morgan fingerprint density at radius 1 is 1.53 bits per heavy atom. The number of rotatable bonds is 3. The number of amides is 1. The van der Waals surface area contributed by atoms with Gasteiger partial charge in [-0.15, -0.1) is 0 Å². The van der Waals surface area contributed by atoms with E-state index in [1.165, 1.54) is 0 Å². The van der Waals surface area contributed by atoms with Gasteiger partial charge < -0.3 is 15.7 Å². The first-order chi connectivity index (χ1) is 9.01. The van der Waals surface area contributed by atoms with Crippen LogP contribution in [0.1, 0.15) is 38.3 Å². The highest BCUT2D eigenvalue weighted by Crippen LogP contribution is 2.27. The zero-order chi connectivity index (χ0) is 13.9. The van der Waals surface area contributed by atoms with Crippen molar-refractivity contribution in [1.82, 2.24) is 10.6 Å². The summed E-state index contributed by atoms with van der Waals surface area (Å²) in [6, 6.07) is 6.92. The molecule has 1 amide bonds. The number of piperidine rings is 1. The van der Waals surface area contributed by atoms with E-state index in [1.807, 2.05) is 19.9 Å². The fraction of sp³-hybridized carbons (Fsp3) is 0.533. The molecule has 0 aliphatic carbocycles. The smallest absolute Gasteiger partial charge is 0.227 e. The van der Waals surface area contributed by atoms with Gasteiger partial charge in [-0.2, -0.15) is 0 Å². The maximum absolute atomic E-state index is 12.4. The summed E-state index contributed by atoms with van der Waals surface area (Å²) in [5.74, 6) is 0.305. The molecule has 0 spiro atoms. The molecule has 1 heterocycles. The molecule has 1 aliphatic heterocycles. The number of phenolic OH excluding ortho intramolecular Hbond substituents is 1. The largest absolute Gasteiger partial charge is 0.508 e. The van der Waals surface area contributed by atoms with Gasteiger partial charge in [-0.1, -0.05) is 12.1 Å². The average molecular weight is 262 g/mol. The van der Waals surface area contributed by atoms with Crippen LogP contribution in [0.2, 0.25) is 0 Å². The van der Waals surface area contributed by atoms with Crippen LogP contribution in [0.3, 0.4) is 0 Å². The van der Waals surface area contributed by atoms with Crippen molar-refractivity contribution in [3.63, 3.8) is 0 Å². The van der Waals surface area contributed by atoms with Gasteiger partial charge in [0.25, 0.3) is 0 Å². The highest BCUT2D eigenvalue weighted by molar-refractivity contribution is 5.83. The number of benzene rings is 1. The molecule has 4 heteroatoms. The van der Waals surface area contributed by atoms with E-state index in [0.717, 1.165) is 31.5 Å². The maximum atomic E-state index is 12.4. The molecule has 1 aromatic rings. The molecule has 0 radical (unpaired) electrons. The summed E-state index contributed by atoms with van der Waals surface area (Å²) < 4.78 is 0. The molecule has 2 atom stereocenters. The van der Waals surface area contributed by atoms with Crippen LogP contribution in [-0.4, -0.2) is 24.1 Å². The Morgan fingerprint density at radius 2 is 2.32 bits per heavy atom. The van der Waals surface area contributed by atoms with Crippen LogP contribution in [0.4, 0.5) is 0 Å². The van der Waals surface area contributed by atoms with E-state index in [2.05, 4.69) is 10.6 Å². The molecule has 1 saturated heterocycles. The van der Waals surface area contributed by atoms with Crippen LogP contribution in [0.25, 0.3) is 0 Å². The summed E-state index contributed by atoms with van der Waals surface area (Å²) in [5.41, 5.74) is 0.587. The highest BCUT2D eigenvalue weighted by atomic mass is 16.3. The third kappa shape index (κ3) is 3.26. The third-order valence-electron chi connectivity index (χ3n) is 3.86. The molecule has 3 N–H and O–H groups in total. The molecule has 0 bridgehead atoms. The van der Waals surface area contributed by atoms with Crippen molar-refractivity contribution < 1.29 is 9.90 Å². The summed E-state index contributed by atoms with van der Waals surface area (Å²) >= 11 is 0. The van der Waals surface area contributed by atoms with Gasteiger partial charge in [0, 0.05) is 6.54 Å². The molecule has 1 aliphatic rings. The van der Waals surface area contributed by atoms with E-state index in [4.69, 9.17) is 0 Å². The molecule has 2 unspecified atom stereocenters. The van der Waals surface area contributed by atoms with Crippen molar-refractivity contribution in [3.05, 3.63) is 29.8 Å². The second kappa shape index (κ2) is 5.61. The van der Waals surface area contributed by atoms with Crippen LogP contribution in [0.15, 0.2) is 24.3 Å². The number of phenols is 1. The van der Waals surface area contributed by atoms with E-state index >= 15 is 0 Å². The summed E-state index contributed by atoms with van der Waals surface area (Å²) in [6.07, 6.45) is 1.95. The van der Waals surface area contributed by atoms with Crippen molar-refractivity contribution in [1.29, 1.82) is 0 Å². The summed E-state index contributed by atoms with van der Waals surface area (Å²) in [7, 11) is 0. The first kappa shape index (κ1) is 13.9. The van der Waals surface area contributed by atoms with Crippen LogP contribution in [-0.2, 0) is 4.79 Å². The minimum atomic E-state index is -0.330. The quantitative estimate of drug-likeness (QED) is 0.780. The van der Waals surface area contributed by atoms with E-state index in [9.17, 15) is 9.90 Å². The number of nitrogens with one attached hydrogen (secondary N) is 2. The molecule has 0 aromatic heterocycles. The molecule has 19 heavy (non-hydrogen) atoms. The lowest BCUT2D eigenvalue weighted by Crippen LogP contribution is -2.49. The topological polar surface area (TPSA) is 61.4 Å². The molecule has 1 aromatic carbocycles. The molecule has 104 valence electrons. The molecular weight excluding hydrogens is 240 g/mol. The van der Waals surface area contributed by atoms with Crippen LogP contribution in [0, 0.1) is 5.41 Å². The second-order valence-electron chi connectivity index (χ2n) is 5.63. The molecule has 1 fully saturated rings. The lowest BCUT2D eigenvalue weighted by atomic mass is 9.81. The normalized spacial score (nSPS) is 24.7. The first-order valence-corrected chi connectivity index (χ1v) is 6.82. The van der Waals surface area contributed by atoms with E-state index < -0.39 is 0 Å². The Labute approximate surface area is 114 Å². The molecular formula is C15H22N2O2. The van der Waals surface area contributed by atoms with Crippen molar-refractivity contribution in [2.75, 3.05) is 13.1 Å². The molecule has 2 rings (SSSR count). The molecule has 4 nitrogen and oxygen atoms in total. The lowest BCUT2D eigenvalue weighted by molar-refractivity contribution is -0.131. The third-order valence-corrected chi connectivity index (χ3v) is 3.86. The Kier molecular flexibility index (Phi) is 4.10. The second-order valence-corrected chi connectivity index (χ2v) is 5.63. The number of carbonyl (C=O) groups excluding carboxylic acids is 1. The Hall–Kier alpha value is -1.55. The van der Waals surface area contributed by atoms with Gasteiger partial charge in [0.1, 0.15) is 5.75 Å². The van der Waals surface area contributed by atoms with Crippen molar-refractivity contribution in [3.8, 4) is 5.75 Å². The number of aromatic hydroxyl groups is 1. The zero-order valence-corrected chi connectivity index (χ0v) is 11.6. The standard InChI is InChI=1S/C15H22N2O2/c1-11(12-5-3-6-13(18)9-12)17-14(19)15(2)7-4-8-16-10-15/h3,5-6,9,11,16,18H,4,7-8,10H2,1-2H3,(H,17,19). The predicted octanol–water partition coefficient (Wildman–Crippen LogP) is 1.96. The SMILES string of the molecule is CC(NC(=O)C1(C)CCCNC1)c1cccc(O)c1. The molecule has 0 saturated carbocycles. The summed E-state index contributed by atoms with van der Waals surface area (Å²) in [4.78, 5) is 12.4. The van der Waals surface area contributed by atoms with Gasteiger partial charge in [-0.05, 0) is 50.9 Å². The summed E-state index contributed by atoms with van der Waals surface area (Å²) in [5, 5.41) is 15.8. The Morgan fingerprint density at radius 3 is 2.95 bits per heavy atom. The minimum absolute atomic E-state index is 0.0792. The van der Waals surface area contributed by atoms with Gasteiger partial charge in [-0.25, -0.2) is 0 Å². The first-order valence-electron chi connectivity index (χ1n) is 6.82. The van der Waals surface area contributed by atoms with E-state index in [0.29, 0.717) is 0 Å². The van der Waals surface area contributed by atoms with Crippen molar-refractivity contribution in [2.24, 2.45) is 5.41 Å². The van der Waals surface area contributed by atoms with Crippen molar-refractivity contribution in [2.45, 2.75) is 32.7 Å². The summed E-state index contributed by atoms with van der Waals surface area (Å²) in [6.45, 7) is 5.66. The fourth-order valence-electron chi connectivity index (χ4n) is 2.50. The number of hydrogen-bond acceptors (Lipinski definition) is 3. The Balaban J connectivity index is 2.02. The van der Waals surface area contributed by atoms with Gasteiger partial charge in [0.05, 0.1) is 11.5 Å². The predicted molar refractivity (Wildman–Crippen MR) is 74.9 cm³/mol. The van der Waals surface area contributed by atoms with E-state index in [1.54, 1.807) is 18.2 Å². The van der Waals surface area contributed by atoms with Crippen LogP contribution < -0.4 is 10.6 Å². The van der Waals surface area contributed by atoms with Crippen molar-refractivity contribution >= 4 is 5.91 Å². The van der Waals surface area contributed by atoms with Crippen LogP contribution in [0.5, 0.6) is 5.75 Å². The maximum Gasteiger partial charge on any atom is 0.227 e. The van der Waals surface area contributed by atoms with E-state index in [-0.39, 0.29) is 23.1 Å². The number of hydrogen-bond donors (Lipinski definition) is 3. The zero-order valence-electron chi connectivity index (χ0n) is 11.6. The Bertz CT molecular complexity index is 453. The fourth-order valence-corrected chi connectivity index (χ4v) is 2.50. The monoisotopic (exact) mass is 262 g/mol. The lowest BCUT2D eigenvalue weighted by Gasteiger charge is -2.33. The van der Waals surface area contributed by atoms with Gasteiger partial charge >= 0.3 is 0 Å². The average Bonchev–Trinajstić information content (AvgIpc) is 2.39. The van der Waals surface area contributed by atoms with Crippen LogP contribution >= 0.6 is 0 Å². The number of carbonyl (C=O) groups is 1. The highest BCUT2D eigenvalue weighted by Gasteiger charge is 2.35. The minimum Gasteiger partial charge on any atom is -0.508 e. The van der Waals surface area contributed by atoms with Gasteiger partial charge in [0.2, 0.25) is 5.91 Å².